The molecular formula is C11H14BrN3O4S. The molecule has 3 amide bonds. The zero-order valence-electron chi connectivity index (χ0n) is 10.4. The Morgan fingerprint density at radius 1 is 1.45 bits per heavy atom. The van der Waals surface area contributed by atoms with Crippen LogP contribution in [0.3, 0.4) is 0 Å². The fourth-order valence-corrected chi connectivity index (χ4v) is 2.76. The van der Waals surface area contributed by atoms with Crippen molar-refractivity contribution in [3.63, 3.8) is 0 Å². The third-order valence-electron chi connectivity index (χ3n) is 2.33. The SMILES string of the molecule is NC(=O)CC[C@@H](NC(=O)NCc1cc(Br)cs1)C(=O)O. The molecule has 0 aromatic carbocycles. The molecule has 0 saturated carbocycles. The molecule has 9 heteroatoms. The highest BCUT2D eigenvalue weighted by atomic mass is 79.9. The molecule has 0 radical (unpaired) electrons. The number of carboxylic acids is 1. The molecule has 0 aliphatic rings. The van der Waals surface area contributed by atoms with Gasteiger partial charge in [0.1, 0.15) is 6.04 Å². The first kappa shape index (κ1) is 16.4. The van der Waals surface area contributed by atoms with Crippen molar-refractivity contribution in [1.82, 2.24) is 10.6 Å². The van der Waals surface area contributed by atoms with Crippen molar-refractivity contribution >= 4 is 45.2 Å². The molecule has 0 bridgehead atoms. The fraction of sp³-hybridized carbons (Fsp3) is 0.364. The summed E-state index contributed by atoms with van der Waals surface area (Å²) in [6, 6.07) is 0.108. The average molecular weight is 364 g/mol. The van der Waals surface area contributed by atoms with Gasteiger partial charge in [-0.1, -0.05) is 0 Å². The Bertz CT molecular complexity index is 506. The summed E-state index contributed by atoms with van der Waals surface area (Å²) >= 11 is 4.76. The first-order chi connectivity index (χ1) is 9.38. The standard InChI is InChI=1S/C11H14BrN3O4S/c12-6-3-7(20-5-6)4-14-11(19)15-8(10(17)18)1-2-9(13)16/h3,5,8H,1-2,4H2,(H2,13,16)(H,17,18)(H2,14,15,19)/t8-/m1/s1. The number of hydrogen-bond donors (Lipinski definition) is 4. The van der Waals surface area contributed by atoms with Gasteiger partial charge in [0, 0.05) is 21.2 Å². The number of carbonyl (C=O) groups is 3. The molecule has 0 aliphatic carbocycles. The van der Waals surface area contributed by atoms with Crippen LogP contribution in [0, 0.1) is 0 Å². The average Bonchev–Trinajstić information content (AvgIpc) is 2.77. The van der Waals surface area contributed by atoms with Crippen molar-refractivity contribution in [3.05, 3.63) is 20.8 Å². The van der Waals surface area contributed by atoms with Gasteiger partial charge in [-0.2, -0.15) is 0 Å². The molecule has 0 aliphatic heterocycles. The van der Waals surface area contributed by atoms with Crippen molar-refractivity contribution in [3.8, 4) is 0 Å². The number of halogens is 1. The van der Waals surface area contributed by atoms with Crippen LogP contribution in [0.2, 0.25) is 0 Å². The molecule has 1 rings (SSSR count). The molecule has 0 fully saturated rings. The topological polar surface area (TPSA) is 122 Å². The van der Waals surface area contributed by atoms with Gasteiger partial charge < -0.3 is 21.5 Å². The highest BCUT2D eigenvalue weighted by Crippen LogP contribution is 2.19. The predicted octanol–water partition coefficient (Wildman–Crippen LogP) is 1.03. The Morgan fingerprint density at radius 3 is 2.65 bits per heavy atom. The number of thiophene rings is 1. The summed E-state index contributed by atoms with van der Waals surface area (Å²) in [5, 5.41) is 15.6. The van der Waals surface area contributed by atoms with E-state index in [4.69, 9.17) is 10.8 Å². The van der Waals surface area contributed by atoms with Crippen LogP contribution in [0.25, 0.3) is 0 Å². The van der Waals surface area contributed by atoms with E-state index in [9.17, 15) is 14.4 Å². The molecule has 0 spiro atoms. The summed E-state index contributed by atoms with van der Waals surface area (Å²) in [5.74, 6) is -1.82. The molecular weight excluding hydrogens is 350 g/mol. The van der Waals surface area contributed by atoms with Crippen molar-refractivity contribution in [1.29, 1.82) is 0 Å². The summed E-state index contributed by atoms with van der Waals surface area (Å²) in [4.78, 5) is 34.1. The molecule has 0 unspecified atom stereocenters. The Hall–Kier alpha value is -1.61. The molecule has 5 N–H and O–H groups in total. The van der Waals surface area contributed by atoms with Gasteiger partial charge in [-0.05, 0) is 28.4 Å². The van der Waals surface area contributed by atoms with Gasteiger partial charge in [-0.25, -0.2) is 9.59 Å². The third-order valence-corrected chi connectivity index (χ3v) is 4.03. The van der Waals surface area contributed by atoms with Crippen LogP contribution < -0.4 is 16.4 Å². The van der Waals surface area contributed by atoms with Crippen LogP contribution in [0.15, 0.2) is 15.9 Å². The summed E-state index contributed by atoms with van der Waals surface area (Å²) < 4.78 is 0.921. The molecule has 0 saturated heterocycles. The molecule has 1 atom stereocenters. The lowest BCUT2D eigenvalue weighted by molar-refractivity contribution is -0.139. The smallest absolute Gasteiger partial charge is 0.326 e. The monoisotopic (exact) mass is 363 g/mol. The number of nitrogens with two attached hydrogens (primary N) is 1. The maximum Gasteiger partial charge on any atom is 0.326 e. The van der Waals surface area contributed by atoms with Gasteiger partial charge in [0.2, 0.25) is 5.91 Å². The van der Waals surface area contributed by atoms with Crippen LogP contribution in [-0.4, -0.2) is 29.1 Å². The van der Waals surface area contributed by atoms with Gasteiger partial charge in [-0.15, -0.1) is 11.3 Å². The third kappa shape index (κ3) is 6.02. The van der Waals surface area contributed by atoms with Crippen molar-refractivity contribution in [2.45, 2.75) is 25.4 Å². The van der Waals surface area contributed by atoms with E-state index >= 15 is 0 Å². The number of carbonyl (C=O) groups excluding carboxylic acids is 2. The predicted molar refractivity (Wildman–Crippen MR) is 77.2 cm³/mol. The van der Waals surface area contributed by atoms with E-state index in [1.54, 1.807) is 0 Å². The highest BCUT2D eigenvalue weighted by molar-refractivity contribution is 9.10. The minimum Gasteiger partial charge on any atom is -0.480 e. The Balaban J connectivity index is 2.41. The Labute approximate surface area is 127 Å². The van der Waals surface area contributed by atoms with Crippen molar-refractivity contribution < 1.29 is 19.5 Å². The number of nitrogens with one attached hydrogen (secondary N) is 2. The summed E-state index contributed by atoms with van der Waals surface area (Å²) in [5.41, 5.74) is 4.95. The molecule has 110 valence electrons. The molecule has 20 heavy (non-hydrogen) atoms. The number of urea groups is 1. The van der Waals surface area contributed by atoms with Crippen LogP contribution in [0.4, 0.5) is 4.79 Å². The van der Waals surface area contributed by atoms with Crippen molar-refractivity contribution in [2.24, 2.45) is 5.73 Å². The van der Waals surface area contributed by atoms with Crippen molar-refractivity contribution in [2.75, 3.05) is 0 Å². The fourth-order valence-electron chi connectivity index (χ4n) is 1.37. The van der Waals surface area contributed by atoms with Crippen LogP contribution in [0.1, 0.15) is 17.7 Å². The maximum absolute atomic E-state index is 11.6. The number of carboxylic acid groups (broad SMARTS) is 1. The number of hydrogen-bond acceptors (Lipinski definition) is 4. The van der Waals surface area contributed by atoms with E-state index in [1.807, 2.05) is 11.4 Å². The molecule has 1 heterocycles. The number of rotatable bonds is 7. The Kier molecular flexibility index (Phi) is 6.46. The minimum atomic E-state index is -1.21. The molecule has 1 aromatic heterocycles. The van der Waals surface area contributed by atoms with Crippen LogP contribution in [-0.2, 0) is 16.1 Å². The second kappa shape index (κ2) is 7.85. The summed E-state index contributed by atoms with van der Waals surface area (Å²) in [7, 11) is 0. The summed E-state index contributed by atoms with van der Waals surface area (Å²) in [6.45, 7) is 0.296. The second-order valence-electron chi connectivity index (χ2n) is 3.95. The van der Waals surface area contributed by atoms with Gasteiger partial charge in [-0.3, -0.25) is 4.79 Å². The highest BCUT2D eigenvalue weighted by Gasteiger charge is 2.20. The lowest BCUT2D eigenvalue weighted by Gasteiger charge is -2.14. The van der Waals surface area contributed by atoms with Gasteiger partial charge in [0.25, 0.3) is 0 Å². The first-order valence-corrected chi connectivity index (χ1v) is 7.34. The second-order valence-corrected chi connectivity index (χ2v) is 5.87. The number of primary amides is 1. The lowest BCUT2D eigenvalue weighted by Crippen LogP contribution is -2.46. The van der Waals surface area contributed by atoms with E-state index < -0.39 is 23.9 Å². The zero-order chi connectivity index (χ0) is 15.1. The van der Waals surface area contributed by atoms with E-state index in [0.717, 1.165) is 9.35 Å². The van der Waals surface area contributed by atoms with Gasteiger partial charge >= 0.3 is 12.0 Å². The largest absolute Gasteiger partial charge is 0.480 e. The normalized spacial score (nSPS) is 11.7. The maximum atomic E-state index is 11.6. The van der Waals surface area contributed by atoms with Crippen LogP contribution in [0.5, 0.6) is 0 Å². The van der Waals surface area contributed by atoms with E-state index in [-0.39, 0.29) is 12.8 Å². The number of aliphatic carboxylic acids is 1. The lowest BCUT2D eigenvalue weighted by atomic mass is 10.1. The first-order valence-electron chi connectivity index (χ1n) is 5.67. The molecule has 1 aromatic rings. The van der Waals surface area contributed by atoms with Crippen LogP contribution >= 0.6 is 27.3 Å². The summed E-state index contributed by atoms with van der Waals surface area (Å²) in [6.07, 6.45) is -0.141. The van der Waals surface area contributed by atoms with E-state index in [0.29, 0.717) is 6.54 Å². The van der Waals surface area contributed by atoms with Gasteiger partial charge in [0.05, 0.1) is 6.54 Å². The number of amides is 3. The molecule has 7 nitrogen and oxygen atoms in total. The van der Waals surface area contributed by atoms with Gasteiger partial charge in [0.15, 0.2) is 0 Å². The Morgan fingerprint density at radius 2 is 2.15 bits per heavy atom. The quantitative estimate of drug-likeness (QED) is 0.577. The minimum absolute atomic E-state index is 0.0391. The zero-order valence-corrected chi connectivity index (χ0v) is 12.8. The van der Waals surface area contributed by atoms with E-state index in [2.05, 4.69) is 26.6 Å². The van der Waals surface area contributed by atoms with E-state index in [1.165, 1.54) is 11.3 Å².